The summed E-state index contributed by atoms with van der Waals surface area (Å²) >= 11 is 0. The molecule has 0 radical (unpaired) electrons. The van der Waals surface area contributed by atoms with Crippen molar-refractivity contribution in [1.82, 2.24) is 0 Å². The van der Waals surface area contributed by atoms with Crippen molar-refractivity contribution >= 4 is 0 Å². The summed E-state index contributed by atoms with van der Waals surface area (Å²) in [6, 6.07) is -0.0298. The summed E-state index contributed by atoms with van der Waals surface area (Å²) < 4.78 is 0. The Balaban J connectivity index is 2.56. The zero-order valence-electron chi connectivity index (χ0n) is 8.92. The van der Waals surface area contributed by atoms with E-state index in [1.807, 2.05) is 0 Å². The topological polar surface area (TPSA) is 46.2 Å². The third kappa shape index (κ3) is 2.68. The molecule has 0 bridgehead atoms. The van der Waals surface area contributed by atoms with E-state index in [-0.39, 0.29) is 6.04 Å². The second kappa shape index (κ2) is 4.43. The highest BCUT2D eigenvalue weighted by molar-refractivity contribution is 4.90. The Labute approximate surface area is 81.5 Å². The molecule has 1 aliphatic rings. The van der Waals surface area contributed by atoms with Crippen molar-refractivity contribution in [1.29, 1.82) is 0 Å². The van der Waals surface area contributed by atoms with Crippen LogP contribution in [0.4, 0.5) is 0 Å². The lowest BCUT2D eigenvalue weighted by Gasteiger charge is -2.32. The molecule has 0 amide bonds. The molecule has 1 rings (SSSR count). The van der Waals surface area contributed by atoms with Crippen LogP contribution in [0.3, 0.4) is 0 Å². The van der Waals surface area contributed by atoms with E-state index in [4.69, 9.17) is 5.73 Å². The van der Waals surface area contributed by atoms with E-state index in [9.17, 15) is 5.11 Å². The third-order valence-corrected chi connectivity index (χ3v) is 3.51. The summed E-state index contributed by atoms with van der Waals surface area (Å²) in [5.74, 6) is 0.762. The van der Waals surface area contributed by atoms with Crippen molar-refractivity contribution in [2.45, 2.75) is 64.0 Å². The van der Waals surface area contributed by atoms with Gasteiger partial charge in [-0.1, -0.05) is 26.7 Å². The summed E-state index contributed by atoms with van der Waals surface area (Å²) in [6.45, 7) is 4.32. The Morgan fingerprint density at radius 1 is 1.46 bits per heavy atom. The van der Waals surface area contributed by atoms with Crippen LogP contribution < -0.4 is 5.73 Å². The van der Waals surface area contributed by atoms with Crippen LogP contribution in [0.5, 0.6) is 0 Å². The highest BCUT2D eigenvalue weighted by Gasteiger charge is 2.34. The Bertz CT molecular complexity index is 160. The lowest BCUT2D eigenvalue weighted by molar-refractivity contribution is -0.00215. The van der Waals surface area contributed by atoms with Gasteiger partial charge in [-0.05, 0) is 31.6 Å². The molecule has 13 heavy (non-hydrogen) atoms. The van der Waals surface area contributed by atoms with E-state index in [1.54, 1.807) is 0 Å². The van der Waals surface area contributed by atoms with Crippen LogP contribution in [-0.2, 0) is 0 Å². The van der Waals surface area contributed by atoms with Gasteiger partial charge in [-0.15, -0.1) is 0 Å². The van der Waals surface area contributed by atoms with Crippen LogP contribution in [0.15, 0.2) is 0 Å². The summed E-state index contributed by atoms with van der Waals surface area (Å²) in [6.07, 6.45) is 6.18. The van der Waals surface area contributed by atoms with Crippen LogP contribution in [0.2, 0.25) is 0 Å². The van der Waals surface area contributed by atoms with Gasteiger partial charge in [-0.25, -0.2) is 0 Å². The molecule has 1 aliphatic carbocycles. The molecule has 0 heterocycles. The van der Waals surface area contributed by atoms with E-state index in [2.05, 4.69) is 13.8 Å². The molecule has 2 nitrogen and oxygen atoms in total. The Morgan fingerprint density at radius 3 is 2.77 bits per heavy atom. The van der Waals surface area contributed by atoms with Gasteiger partial charge in [0.25, 0.3) is 0 Å². The number of hydrogen-bond donors (Lipinski definition) is 2. The van der Waals surface area contributed by atoms with Gasteiger partial charge in [0.15, 0.2) is 0 Å². The normalized spacial score (nSPS) is 38.3. The van der Waals surface area contributed by atoms with Gasteiger partial charge in [0.2, 0.25) is 0 Å². The minimum absolute atomic E-state index is 0.0298. The lowest BCUT2D eigenvalue weighted by Crippen LogP contribution is -2.47. The first-order valence-electron chi connectivity index (χ1n) is 5.56. The monoisotopic (exact) mass is 185 g/mol. The van der Waals surface area contributed by atoms with Gasteiger partial charge in [0, 0.05) is 6.04 Å². The Hall–Kier alpha value is -0.0800. The third-order valence-electron chi connectivity index (χ3n) is 3.51. The van der Waals surface area contributed by atoms with Gasteiger partial charge in [0.05, 0.1) is 5.60 Å². The molecule has 0 aromatic rings. The smallest absolute Gasteiger partial charge is 0.0797 e. The summed E-state index contributed by atoms with van der Waals surface area (Å²) in [5.41, 5.74) is 5.38. The highest BCUT2D eigenvalue weighted by atomic mass is 16.3. The lowest BCUT2D eigenvalue weighted by atomic mass is 9.85. The molecule has 0 aromatic heterocycles. The molecule has 3 N–H and O–H groups in total. The molecule has 3 unspecified atom stereocenters. The van der Waals surface area contributed by atoms with E-state index in [0.717, 1.165) is 38.0 Å². The zero-order chi connectivity index (χ0) is 9.90. The SMILES string of the molecule is CCC(N)C1(O)CCCC(C)CC1. The molecule has 1 fully saturated rings. The van der Waals surface area contributed by atoms with Crippen molar-refractivity contribution < 1.29 is 5.11 Å². The maximum atomic E-state index is 10.3. The number of hydrogen-bond acceptors (Lipinski definition) is 2. The van der Waals surface area contributed by atoms with Crippen molar-refractivity contribution in [3.63, 3.8) is 0 Å². The zero-order valence-corrected chi connectivity index (χ0v) is 8.92. The molecular weight excluding hydrogens is 162 g/mol. The summed E-state index contributed by atoms with van der Waals surface area (Å²) in [7, 11) is 0. The van der Waals surface area contributed by atoms with E-state index >= 15 is 0 Å². The predicted octanol–water partition coefficient (Wildman–Crippen LogP) is 2.05. The number of aliphatic hydroxyl groups is 1. The van der Waals surface area contributed by atoms with Gasteiger partial charge in [-0.2, -0.15) is 0 Å². The van der Waals surface area contributed by atoms with Gasteiger partial charge in [0.1, 0.15) is 0 Å². The van der Waals surface area contributed by atoms with Crippen LogP contribution in [0.1, 0.15) is 52.4 Å². The molecule has 0 aromatic carbocycles. The van der Waals surface area contributed by atoms with Crippen LogP contribution in [0, 0.1) is 5.92 Å². The highest BCUT2D eigenvalue weighted by Crippen LogP contribution is 2.32. The maximum absolute atomic E-state index is 10.3. The van der Waals surface area contributed by atoms with E-state index in [0.29, 0.717) is 0 Å². The molecule has 0 aliphatic heterocycles. The van der Waals surface area contributed by atoms with Gasteiger partial charge < -0.3 is 10.8 Å². The van der Waals surface area contributed by atoms with Gasteiger partial charge in [-0.3, -0.25) is 0 Å². The summed E-state index contributed by atoms with van der Waals surface area (Å²) in [4.78, 5) is 0. The van der Waals surface area contributed by atoms with Crippen molar-refractivity contribution in [2.75, 3.05) is 0 Å². The predicted molar refractivity (Wildman–Crippen MR) is 55.5 cm³/mol. The molecule has 3 atom stereocenters. The van der Waals surface area contributed by atoms with Crippen molar-refractivity contribution in [3.05, 3.63) is 0 Å². The number of nitrogens with two attached hydrogens (primary N) is 1. The molecule has 78 valence electrons. The van der Waals surface area contributed by atoms with Crippen molar-refractivity contribution in [3.8, 4) is 0 Å². The minimum atomic E-state index is -0.570. The minimum Gasteiger partial charge on any atom is -0.388 e. The molecule has 1 saturated carbocycles. The second-order valence-electron chi connectivity index (χ2n) is 4.65. The van der Waals surface area contributed by atoms with Gasteiger partial charge >= 0.3 is 0 Å². The fourth-order valence-electron chi connectivity index (χ4n) is 2.27. The van der Waals surface area contributed by atoms with Crippen LogP contribution >= 0.6 is 0 Å². The molecule has 2 heteroatoms. The molecular formula is C11H23NO. The molecule has 0 spiro atoms. The van der Waals surface area contributed by atoms with Crippen LogP contribution in [-0.4, -0.2) is 16.7 Å². The van der Waals surface area contributed by atoms with E-state index < -0.39 is 5.60 Å². The Kier molecular flexibility index (Phi) is 3.74. The first-order chi connectivity index (χ1) is 6.08. The first-order valence-corrected chi connectivity index (χ1v) is 5.56. The largest absolute Gasteiger partial charge is 0.388 e. The summed E-state index contributed by atoms with van der Waals surface area (Å²) in [5, 5.41) is 10.3. The van der Waals surface area contributed by atoms with E-state index in [1.165, 1.54) is 6.42 Å². The fraction of sp³-hybridized carbons (Fsp3) is 1.00. The first kappa shape index (κ1) is 11.0. The average molecular weight is 185 g/mol. The molecule has 0 saturated heterocycles. The standard InChI is InChI=1S/C11H23NO/c1-3-10(12)11(13)7-4-5-9(2)6-8-11/h9-10,13H,3-8,12H2,1-2H3. The fourth-order valence-corrected chi connectivity index (χ4v) is 2.27. The number of rotatable bonds is 2. The van der Waals surface area contributed by atoms with Crippen molar-refractivity contribution in [2.24, 2.45) is 11.7 Å². The second-order valence-corrected chi connectivity index (χ2v) is 4.65. The Morgan fingerprint density at radius 2 is 2.15 bits per heavy atom. The maximum Gasteiger partial charge on any atom is 0.0797 e. The van der Waals surface area contributed by atoms with Crippen LogP contribution in [0.25, 0.3) is 0 Å². The average Bonchev–Trinajstić information content (AvgIpc) is 2.28. The quantitative estimate of drug-likeness (QED) is 0.647.